The summed E-state index contributed by atoms with van der Waals surface area (Å²) >= 11 is 0. The number of phenolic OH excluding ortho intramolecular Hbond substituents is 2. The minimum Gasteiger partial charge on any atom is -0.504 e. The number of aryl methyl sites for hydroxylation is 2. The van der Waals surface area contributed by atoms with E-state index in [0.717, 1.165) is 34.7 Å². The van der Waals surface area contributed by atoms with E-state index >= 15 is 0 Å². The van der Waals surface area contributed by atoms with Crippen molar-refractivity contribution in [2.24, 2.45) is 0 Å². The van der Waals surface area contributed by atoms with Gasteiger partial charge in [0.05, 0.1) is 0 Å². The summed E-state index contributed by atoms with van der Waals surface area (Å²) in [5, 5.41) is 21.9. The van der Waals surface area contributed by atoms with E-state index in [1.807, 2.05) is 13.0 Å². The zero-order valence-electron chi connectivity index (χ0n) is 14.6. The summed E-state index contributed by atoms with van der Waals surface area (Å²) in [5.74, 6) is 0.000963. The molecule has 2 aromatic carbocycles. The van der Waals surface area contributed by atoms with E-state index in [4.69, 9.17) is 0 Å². The van der Waals surface area contributed by atoms with Crippen LogP contribution >= 0.6 is 0 Å². The van der Waals surface area contributed by atoms with Gasteiger partial charge in [-0.15, -0.1) is 0 Å². The van der Waals surface area contributed by atoms with Crippen LogP contribution in [0.4, 0.5) is 0 Å². The Bertz CT molecular complexity index is 631. The van der Waals surface area contributed by atoms with E-state index < -0.39 is 0 Å². The average molecular weight is 314 g/mol. The highest BCUT2D eigenvalue weighted by atomic mass is 16.3. The molecule has 2 heteroatoms. The first-order chi connectivity index (χ1) is 11.1. The second-order valence-corrected chi connectivity index (χ2v) is 6.62. The van der Waals surface area contributed by atoms with Crippen LogP contribution in [-0.2, 0) is 6.42 Å². The minimum atomic E-state index is -0.0275. The maximum Gasteiger partial charge on any atom is 0.165 e. The Kier molecular flexibility index (Phi) is 6.76. The molecule has 0 saturated heterocycles. The maximum atomic E-state index is 10.2. The predicted molar refractivity (Wildman–Crippen MR) is 98.3 cm³/mol. The number of unbranched alkanes of at least 4 members (excludes halogenated alkanes) is 7. The minimum absolute atomic E-state index is 0.0275. The van der Waals surface area contributed by atoms with Crippen LogP contribution in [0, 0.1) is 6.92 Å². The smallest absolute Gasteiger partial charge is 0.165 e. The third-order valence-corrected chi connectivity index (χ3v) is 4.74. The highest BCUT2D eigenvalue weighted by molar-refractivity contribution is 5.95. The van der Waals surface area contributed by atoms with E-state index in [0.29, 0.717) is 0 Å². The Labute approximate surface area is 140 Å². The zero-order chi connectivity index (χ0) is 16.7. The van der Waals surface area contributed by atoms with Crippen LogP contribution in [0.15, 0.2) is 24.3 Å². The Morgan fingerprint density at radius 1 is 0.783 bits per heavy atom. The van der Waals surface area contributed by atoms with Gasteiger partial charge >= 0.3 is 0 Å². The van der Waals surface area contributed by atoms with Gasteiger partial charge < -0.3 is 10.2 Å². The van der Waals surface area contributed by atoms with Gasteiger partial charge in [-0.1, -0.05) is 70.1 Å². The Hall–Kier alpha value is -1.70. The van der Waals surface area contributed by atoms with Gasteiger partial charge in [-0.25, -0.2) is 0 Å². The number of rotatable bonds is 9. The summed E-state index contributed by atoms with van der Waals surface area (Å²) in [4.78, 5) is 0. The first kappa shape index (κ1) is 17.7. The summed E-state index contributed by atoms with van der Waals surface area (Å²) in [7, 11) is 0. The number of fused-ring (bicyclic) bond motifs is 1. The molecule has 0 aliphatic heterocycles. The number of hydrogen-bond donors (Lipinski definition) is 2. The van der Waals surface area contributed by atoms with Crippen molar-refractivity contribution in [3.63, 3.8) is 0 Å². The molecule has 0 aliphatic rings. The summed E-state index contributed by atoms with van der Waals surface area (Å²) < 4.78 is 0. The molecule has 0 bridgehead atoms. The monoisotopic (exact) mass is 314 g/mol. The Morgan fingerprint density at radius 2 is 1.43 bits per heavy atom. The van der Waals surface area contributed by atoms with Crippen LogP contribution in [0.3, 0.4) is 0 Å². The van der Waals surface area contributed by atoms with Gasteiger partial charge in [-0.3, -0.25) is 0 Å². The molecule has 23 heavy (non-hydrogen) atoms. The predicted octanol–water partition coefficient (Wildman–Crippen LogP) is 6.24. The standard InChI is InChI=1S/C21H30O2/c1-3-4-5-6-7-8-9-10-11-17-13-12-16(2)18-14-15-19(22)21(23)20(17)18/h12-15,22-23H,3-11H2,1-2H3. The van der Waals surface area contributed by atoms with Crippen LogP contribution in [0.1, 0.15) is 69.4 Å². The van der Waals surface area contributed by atoms with Crippen molar-refractivity contribution >= 4 is 10.8 Å². The summed E-state index contributed by atoms with van der Waals surface area (Å²) in [6, 6.07) is 7.68. The molecule has 2 nitrogen and oxygen atoms in total. The largest absolute Gasteiger partial charge is 0.504 e. The van der Waals surface area contributed by atoms with Crippen LogP contribution in [-0.4, -0.2) is 10.2 Å². The summed E-state index contributed by atoms with van der Waals surface area (Å²) in [6.45, 7) is 4.29. The topological polar surface area (TPSA) is 40.5 Å². The lowest BCUT2D eigenvalue weighted by atomic mass is 9.95. The molecular formula is C21H30O2. The molecule has 0 fully saturated rings. The lowest BCUT2D eigenvalue weighted by Crippen LogP contribution is -1.91. The molecule has 0 amide bonds. The van der Waals surface area contributed by atoms with Crippen molar-refractivity contribution in [3.8, 4) is 11.5 Å². The average Bonchev–Trinajstić information content (AvgIpc) is 2.55. The first-order valence-electron chi connectivity index (χ1n) is 9.08. The molecule has 2 aromatic rings. The van der Waals surface area contributed by atoms with Gasteiger partial charge in [-0.2, -0.15) is 0 Å². The SMILES string of the molecule is CCCCCCCCCCc1ccc(C)c2ccc(O)c(O)c12. The number of benzene rings is 2. The van der Waals surface area contributed by atoms with Crippen LogP contribution in [0.25, 0.3) is 10.8 Å². The van der Waals surface area contributed by atoms with E-state index in [1.54, 1.807) is 6.07 Å². The molecule has 0 heterocycles. The fourth-order valence-corrected chi connectivity index (χ4v) is 3.29. The van der Waals surface area contributed by atoms with Gasteiger partial charge in [0.25, 0.3) is 0 Å². The second kappa shape index (κ2) is 8.81. The summed E-state index contributed by atoms with van der Waals surface area (Å²) in [5.41, 5.74) is 2.28. The van der Waals surface area contributed by atoms with Crippen molar-refractivity contribution in [2.75, 3.05) is 0 Å². The van der Waals surface area contributed by atoms with Gasteiger partial charge in [0.1, 0.15) is 0 Å². The van der Waals surface area contributed by atoms with E-state index in [-0.39, 0.29) is 11.5 Å². The van der Waals surface area contributed by atoms with E-state index in [1.165, 1.54) is 44.9 Å². The van der Waals surface area contributed by atoms with Crippen LogP contribution in [0.2, 0.25) is 0 Å². The van der Waals surface area contributed by atoms with E-state index in [9.17, 15) is 10.2 Å². The molecular weight excluding hydrogens is 284 g/mol. The van der Waals surface area contributed by atoms with Crippen LogP contribution < -0.4 is 0 Å². The van der Waals surface area contributed by atoms with Gasteiger partial charge in [-0.05, 0) is 42.3 Å². The number of hydrogen-bond acceptors (Lipinski definition) is 2. The third-order valence-electron chi connectivity index (χ3n) is 4.74. The van der Waals surface area contributed by atoms with Crippen molar-refractivity contribution in [3.05, 3.63) is 35.4 Å². The molecule has 0 aliphatic carbocycles. The molecule has 2 N–H and O–H groups in total. The number of aromatic hydroxyl groups is 2. The molecule has 0 aromatic heterocycles. The van der Waals surface area contributed by atoms with Crippen molar-refractivity contribution < 1.29 is 10.2 Å². The molecule has 0 unspecified atom stereocenters. The number of phenols is 2. The maximum absolute atomic E-state index is 10.2. The molecule has 0 saturated carbocycles. The summed E-state index contributed by atoms with van der Waals surface area (Å²) in [6.07, 6.45) is 11.4. The zero-order valence-corrected chi connectivity index (χ0v) is 14.6. The molecule has 0 atom stereocenters. The lowest BCUT2D eigenvalue weighted by molar-refractivity contribution is 0.408. The van der Waals surface area contributed by atoms with Crippen LogP contribution in [0.5, 0.6) is 11.5 Å². The highest BCUT2D eigenvalue weighted by Gasteiger charge is 2.11. The molecule has 126 valence electrons. The van der Waals surface area contributed by atoms with Crippen molar-refractivity contribution in [2.45, 2.75) is 71.6 Å². The van der Waals surface area contributed by atoms with Crippen molar-refractivity contribution in [1.29, 1.82) is 0 Å². The fraction of sp³-hybridized carbons (Fsp3) is 0.524. The Morgan fingerprint density at radius 3 is 2.13 bits per heavy atom. The van der Waals surface area contributed by atoms with Gasteiger partial charge in [0, 0.05) is 5.39 Å². The molecule has 2 rings (SSSR count). The van der Waals surface area contributed by atoms with Crippen molar-refractivity contribution in [1.82, 2.24) is 0 Å². The normalized spacial score (nSPS) is 11.2. The lowest BCUT2D eigenvalue weighted by Gasteiger charge is -2.12. The second-order valence-electron chi connectivity index (χ2n) is 6.62. The molecule has 0 spiro atoms. The first-order valence-corrected chi connectivity index (χ1v) is 9.08. The van der Waals surface area contributed by atoms with Gasteiger partial charge in [0.2, 0.25) is 0 Å². The van der Waals surface area contributed by atoms with E-state index in [2.05, 4.69) is 19.1 Å². The van der Waals surface area contributed by atoms with Gasteiger partial charge in [0.15, 0.2) is 11.5 Å². The fourth-order valence-electron chi connectivity index (χ4n) is 3.29. The quantitative estimate of drug-likeness (QED) is 0.424. The molecule has 0 radical (unpaired) electrons. The Balaban J connectivity index is 1.93. The third kappa shape index (κ3) is 4.63. The highest BCUT2D eigenvalue weighted by Crippen LogP contribution is 2.37.